The summed E-state index contributed by atoms with van der Waals surface area (Å²) in [5.41, 5.74) is 7.64. The van der Waals surface area contributed by atoms with Gasteiger partial charge in [0.1, 0.15) is 11.4 Å². The molecule has 0 amide bonds. The lowest BCUT2D eigenvalue weighted by Crippen LogP contribution is -2.00. The Morgan fingerprint density at radius 3 is 2.56 bits per heavy atom. The third-order valence-electron chi connectivity index (χ3n) is 2.42. The van der Waals surface area contributed by atoms with Crippen LogP contribution in [0, 0.1) is 0 Å². The molecule has 2 rings (SSSR count). The van der Waals surface area contributed by atoms with E-state index < -0.39 is 0 Å². The van der Waals surface area contributed by atoms with E-state index in [1.54, 1.807) is 11.8 Å². The second kappa shape index (κ2) is 4.22. The molecule has 0 radical (unpaired) electrons. The number of methoxy groups -OCH3 is 1. The maximum absolute atomic E-state index is 5.79. The van der Waals surface area contributed by atoms with Crippen molar-refractivity contribution < 1.29 is 4.74 Å². The van der Waals surface area contributed by atoms with Crippen LogP contribution in [-0.2, 0) is 6.54 Å². The van der Waals surface area contributed by atoms with E-state index in [0.717, 1.165) is 23.6 Å². The fraction of sp³-hybridized carbons (Fsp3) is 0.273. The van der Waals surface area contributed by atoms with E-state index >= 15 is 0 Å². The van der Waals surface area contributed by atoms with Crippen LogP contribution in [0.15, 0.2) is 24.3 Å². The zero-order valence-electron chi connectivity index (χ0n) is 9.34. The highest BCUT2D eigenvalue weighted by Crippen LogP contribution is 2.25. The SMILES string of the molecule is CCn1nnc(N)c1-c1ccc(OC)cc1. The number of ether oxygens (including phenoxy) is 1. The van der Waals surface area contributed by atoms with Gasteiger partial charge >= 0.3 is 0 Å². The summed E-state index contributed by atoms with van der Waals surface area (Å²) >= 11 is 0. The molecule has 0 aliphatic rings. The summed E-state index contributed by atoms with van der Waals surface area (Å²) in [4.78, 5) is 0. The highest BCUT2D eigenvalue weighted by Gasteiger charge is 2.10. The molecular weight excluding hydrogens is 204 g/mol. The van der Waals surface area contributed by atoms with Gasteiger partial charge in [0.2, 0.25) is 0 Å². The third kappa shape index (κ3) is 1.71. The van der Waals surface area contributed by atoms with Crippen LogP contribution < -0.4 is 10.5 Å². The van der Waals surface area contributed by atoms with Crippen molar-refractivity contribution in [3.8, 4) is 17.0 Å². The largest absolute Gasteiger partial charge is 0.497 e. The standard InChI is InChI=1S/C11H14N4O/c1-3-15-10(11(12)13-14-15)8-4-6-9(16-2)7-5-8/h4-7H,3,12H2,1-2H3. The maximum Gasteiger partial charge on any atom is 0.174 e. The minimum Gasteiger partial charge on any atom is -0.497 e. The molecule has 0 aliphatic heterocycles. The van der Waals surface area contributed by atoms with Gasteiger partial charge in [-0.2, -0.15) is 0 Å². The van der Waals surface area contributed by atoms with E-state index in [-0.39, 0.29) is 0 Å². The van der Waals surface area contributed by atoms with Gasteiger partial charge in [0, 0.05) is 12.1 Å². The molecule has 1 aromatic heterocycles. The molecule has 0 bridgehead atoms. The smallest absolute Gasteiger partial charge is 0.174 e. The van der Waals surface area contributed by atoms with Crippen LogP contribution in [0.3, 0.4) is 0 Å². The van der Waals surface area contributed by atoms with Gasteiger partial charge in [-0.05, 0) is 31.2 Å². The van der Waals surface area contributed by atoms with Crippen molar-refractivity contribution in [2.75, 3.05) is 12.8 Å². The summed E-state index contributed by atoms with van der Waals surface area (Å²) in [6.45, 7) is 2.74. The summed E-state index contributed by atoms with van der Waals surface area (Å²) in [6, 6.07) is 7.67. The number of aromatic nitrogens is 3. The number of nitrogens with zero attached hydrogens (tertiary/aromatic N) is 3. The van der Waals surface area contributed by atoms with Gasteiger partial charge in [-0.3, -0.25) is 0 Å². The molecule has 0 saturated heterocycles. The first kappa shape index (κ1) is 10.5. The monoisotopic (exact) mass is 218 g/mol. The predicted octanol–water partition coefficient (Wildman–Crippen LogP) is 1.56. The van der Waals surface area contributed by atoms with Crippen LogP contribution in [-0.4, -0.2) is 22.1 Å². The number of hydrogen-bond acceptors (Lipinski definition) is 4. The molecule has 2 N–H and O–H groups in total. The summed E-state index contributed by atoms with van der Waals surface area (Å²) in [7, 11) is 1.64. The first-order valence-electron chi connectivity index (χ1n) is 5.09. The molecule has 1 aromatic carbocycles. The molecule has 0 saturated carbocycles. The zero-order valence-corrected chi connectivity index (χ0v) is 9.34. The highest BCUT2D eigenvalue weighted by molar-refractivity contribution is 5.70. The van der Waals surface area contributed by atoms with Crippen molar-refractivity contribution in [3.05, 3.63) is 24.3 Å². The van der Waals surface area contributed by atoms with Crippen molar-refractivity contribution in [2.24, 2.45) is 0 Å². The number of nitrogen functional groups attached to an aromatic ring is 1. The lowest BCUT2D eigenvalue weighted by molar-refractivity contribution is 0.415. The molecule has 5 nitrogen and oxygen atoms in total. The first-order valence-corrected chi connectivity index (χ1v) is 5.09. The third-order valence-corrected chi connectivity index (χ3v) is 2.42. The van der Waals surface area contributed by atoms with Crippen LogP contribution >= 0.6 is 0 Å². The van der Waals surface area contributed by atoms with Crippen LogP contribution in [0.5, 0.6) is 5.75 Å². The normalized spacial score (nSPS) is 10.4. The molecular formula is C11H14N4O. The quantitative estimate of drug-likeness (QED) is 0.848. The van der Waals surface area contributed by atoms with Crippen molar-refractivity contribution in [1.82, 2.24) is 15.0 Å². The average molecular weight is 218 g/mol. The maximum atomic E-state index is 5.79. The Labute approximate surface area is 93.8 Å². The second-order valence-corrected chi connectivity index (χ2v) is 3.37. The summed E-state index contributed by atoms with van der Waals surface area (Å²) in [6.07, 6.45) is 0. The molecule has 1 heterocycles. The van der Waals surface area contributed by atoms with Gasteiger partial charge in [-0.25, -0.2) is 4.68 Å². The van der Waals surface area contributed by atoms with Crippen LogP contribution in [0.4, 0.5) is 5.82 Å². The topological polar surface area (TPSA) is 66.0 Å². The van der Waals surface area contributed by atoms with Crippen molar-refractivity contribution in [2.45, 2.75) is 13.5 Å². The molecule has 2 aromatic rings. The fourth-order valence-electron chi connectivity index (χ4n) is 1.59. The summed E-state index contributed by atoms with van der Waals surface area (Å²) < 4.78 is 6.88. The molecule has 0 spiro atoms. The Bertz CT molecular complexity index is 475. The van der Waals surface area contributed by atoms with Gasteiger partial charge in [0.05, 0.1) is 7.11 Å². The molecule has 0 atom stereocenters. The Hall–Kier alpha value is -2.04. The van der Waals surface area contributed by atoms with E-state index in [4.69, 9.17) is 10.5 Å². The van der Waals surface area contributed by atoms with Crippen LogP contribution in [0.25, 0.3) is 11.3 Å². The van der Waals surface area contributed by atoms with Gasteiger partial charge in [-0.1, -0.05) is 5.21 Å². The Morgan fingerprint density at radius 2 is 2.00 bits per heavy atom. The number of benzene rings is 1. The Kier molecular flexibility index (Phi) is 2.76. The van der Waals surface area contributed by atoms with E-state index in [9.17, 15) is 0 Å². The number of aryl methyl sites for hydroxylation is 1. The zero-order chi connectivity index (χ0) is 11.5. The molecule has 16 heavy (non-hydrogen) atoms. The minimum atomic E-state index is 0.451. The van der Waals surface area contributed by atoms with Crippen molar-refractivity contribution in [3.63, 3.8) is 0 Å². The van der Waals surface area contributed by atoms with E-state index in [1.807, 2.05) is 31.2 Å². The summed E-state index contributed by atoms with van der Waals surface area (Å²) in [5, 5.41) is 7.83. The number of rotatable bonds is 3. The van der Waals surface area contributed by atoms with E-state index in [1.165, 1.54) is 0 Å². The lowest BCUT2D eigenvalue weighted by atomic mass is 10.1. The van der Waals surface area contributed by atoms with Gasteiger partial charge in [0.25, 0.3) is 0 Å². The molecule has 0 unspecified atom stereocenters. The average Bonchev–Trinajstić information content (AvgIpc) is 2.70. The second-order valence-electron chi connectivity index (χ2n) is 3.37. The van der Waals surface area contributed by atoms with Gasteiger partial charge in [-0.15, -0.1) is 5.10 Å². The lowest BCUT2D eigenvalue weighted by Gasteiger charge is -2.05. The highest BCUT2D eigenvalue weighted by atomic mass is 16.5. The van der Waals surface area contributed by atoms with Gasteiger partial charge < -0.3 is 10.5 Å². The summed E-state index contributed by atoms with van der Waals surface area (Å²) in [5.74, 6) is 1.27. The van der Waals surface area contributed by atoms with E-state index in [0.29, 0.717) is 5.82 Å². The predicted molar refractivity (Wildman–Crippen MR) is 62.1 cm³/mol. The first-order chi connectivity index (χ1) is 7.76. The molecule has 5 heteroatoms. The van der Waals surface area contributed by atoms with Crippen molar-refractivity contribution in [1.29, 1.82) is 0 Å². The van der Waals surface area contributed by atoms with E-state index in [2.05, 4.69) is 10.3 Å². The molecule has 0 aliphatic carbocycles. The molecule has 84 valence electrons. The number of anilines is 1. The van der Waals surface area contributed by atoms with Gasteiger partial charge in [0.15, 0.2) is 5.82 Å². The minimum absolute atomic E-state index is 0.451. The Morgan fingerprint density at radius 1 is 1.31 bits per heavy atom. The van der Waals surface area contributed by atoms with Crippen LogP contribution in [0.1, 0.15) is 6.92 Å². The van der Waals surface area contributed by atoms with Crippen molar-refractivity contribution >= 4 is 5.82 Å². The van der Waals surface area contributed by atoms with Crippen LogP contribution in [0.2, 0.25) is 0 Å². The fourth-order valence-corrected chi connectivity index (χ4v) is 1.59. The Balaban J connectivity index is 2.45. The number of nitrogens with two attached hydrogens (primary N) is 1. The molecule has 0 fully saturated rings. The number of hydrogen-bond donors (Lipinski definition) is 1.